The van der Waals surface area contributed by atoms with Crippen LogP contribution in [0.4, 0.5) is 11.5 Å². The summed E-state index contributed by atoms with van der Waals surface area (Å²) in [5, 5.41) is 10.3. The summed E-state index contributed by atoms with van der Waals surface area (Å²) in [5.41, 5.74) is 2.60. The third kappa shape index (κ3) is 4.65. The van der Waals surface area contributed by atoms with E-state index in [9.17, 15) is 9.59 Å². The van der Waals surface area contributed by atoms with E-state index in [1.165, 1.54) is 21.3 Å². The Hall–Kier alpha value is -4.25. The molecule has 2 N–H and O–H groups in total. The molecule has 0 aliphatic carbocycles. The van der Waals surface area contributed by atoms with Crippen LogP contribution >= 0.6 is 0 Å². The normalized spacial score (nSPS) is 14.1. The standard InChI is InChI=1S/C25H28N4O7/c1-32-13-17-22(14-7-6-8-16(9-14)33-2)24-27-25(31)18(29(24)28-17)12-21(30)26-15-10-19(34-3)23(36-5)20(11-15)35-4/h6-11,18H,12-13H2,1-5H3,(H,26,30)(H,27,31). The number of carbonyl (C=O) groups is 2. The first-order valence-electron chi connectivity index (χ1n) is 11.1. The number of methoxy groups -OCH3 is 5. The Labute approximate surface area is 208 Å². The maximum absolute atomic E-state index is 13.0. The van der Waals surface area contributed by atoms with E-state index in [2.05, 4.69) is 15.7 Å². The molecule has 36 heavy (non-hydrogen) atoms. The highest BCUT2D eigenvalue weighted by atomic mass is 16.5. The summed E-state index contributed by atoms with van der Waals surface area (Å²) in [5.74, 6) is 1.66. The Morgan fingerprint density at radius 3 is 2.36 bits per heavy atom. The second-order valence-electron chi connectivity index (χ2n) is 7.95. The summed E-state index contributed by atoms with van der Waals surface area (Å²) in [7, 11) is 7.63. The van der Waals surface area contributed by atoms with Gasteiger partial charge in [-0.3, -0.25) is 9.59 Å². The SMILES string of the molecule is COCc1nn2c(c1-c1cccc(OC)c1)NC(=O)C2CC(=O)Nc1cc(OC)c(OC)c(OC)c1. The average molecular weight is 497 g/mol. The lowest BCUT2D eigenvalue weighted by atomic mass is 10.1. The molecule has 0 radical (unpaired) electrons. The van der Waals surface area contributed by atoms with Gasteiger partial charge in [0.1, 0.15) is 17.6 Å². The predicted octanol–water partition coefficient (Wildman–Crippen LogP) is 3.25. The fourth-order valence-electron chi connectivity index (χ4n) is 4.18. The summed E-state index contributed by atoms with van der Waals surface area (Å²) in [6.45, 7) is 0.229. The van der Waals surface area contributed by atoms with E-state index in [-0.39, 0.29) is 24.8 Å². The zero-order chi connectivity index (χ0) is 25.8. The van der Waals surface area contributed by atoms with Gasteiger partial charge in [0.15, 0.2) is 11.5 Å². The first-order valence-corrected chi connectivity index (χ1v) is 11.1. The summed E-state index contributed by atoms with van der Waals surface area (Å²) in [6, 6.07) is 9.84. The minimum atomic E-state index is -0.836. The van der Waals surface area contributed by atoms with Gasteiger partial charge in [0, 0.05) is 24.9 Å². The molecule has 2 aromatic carbocycles. The summed E-state index contributed by atoms with van der Waals surface area (Å²) in [6.07, 6.45) is -0.138. The smallest absolute Gasteiger partial charge is 0.251 e. The third-order valence-corrected chi connectivity index (χ3v) is 5.79. The summed E-state index contributed by atoms with van der Waals surface area (Å²) in [4.78, 5) is 25.8. The molecule has 1 atom stereocenters. The van der Waals surface area contributed by atoms with E-state index in [0.717, 1.165) is 11.1 Å². The number of rotatable bonds is 10. The number of carbonyl (C=O) groups excluding carboxylic acids is 2. The van der Waals surface area contributed by atoms with Crippen molar-refractivity contribution >= 4 is 23.3 Å². The Balaban J connectivity index is 1.62. The molecule has 1 aliphatic rings. The molecule has 1 aromatic heterocycles. The van der Waals surface area contributed by atoms with Gasteiger partial charge in [-0.15, -0.1) is 0 Å². The molecule has 0 saturated carbocycles. The first kappa shape index (κ1) is 24.9. The van der Waals surface area contributed by atoms with Crippen LogP contribution in [0.2, 0.25) is 0 Å². The van der Waals surface area contributed by atoms with Crippen LogP contribution in [0.1, 0.15) is 18.2 Å². The molecule has 0 spiro atoms. The van der Waals surface area contributed by atoms with Crippen LogP contribution in [0.3, 0.4) is 0 Å². The largest absolute Gasteiger partial charge is 0.497 e. The van der Waals surface area contributed by atoms with Crippen molar-refractivity contribution in [3.05, 3.63) is 42.1 Å². The summed E-state index contributed by atoms with van der Waals surface area (Å²) < 4.78 is 28.2. The van der Waals surface area contributed by atoms with E-state index in [4.69, 9.17) is 23.7 Å². The second kappa shape index (κ2) is 10.6. The number of amides is 2. The van der Waals surface area contributed by atoms with E-state index >= 15 is 0 Å². The number of aromatic nitrogens is 2. The second-order valence-corrected chi connectivity index (χ2v) is 7.95. The number of nitrogens with zero attached hydrogens (tertiary/aromatic N) is 2. The van der Waals surface area contributed by atoms with Gasteiger partial charge >= 0.3 is 0 Å². The molecule has 3 aromatic rings. The maximum atomic E-state index is 13.0. The Bertz CT molecular complexity index is 1260. The molecule has 2 heterocycles. The fraction of sp³-hybridized carbons (Fsp3) is 0.320. The molecule has 4 rings (SSSR count). The van der Waals surface area contributed by atoms with Gasteiger partial charge in [0.2, 0.25) is 11.7 Å². The molecular formula is C25H28N4O7. The molecule has 190 valence electrons. The van der Waals surface area contributed by atoms with E-state index in [1.54, 1.807) is 31.0 Å². The van der Waals surface area contributed by atoms with Crippen LogP contribution in [0.15, 0.2) is 36.4 Å². The molecular weight excluding hydrogens is 468 g/mol. The molecule has 11 nitrogen and oxygen atoms in total. The quantitative estimate of drug-likeness (QED) is 0.439. The van der Waals surface area contributed by atoms with Crippen molar-refractivity contribution in [1.29, 1.82) is 0 Å². The van der Waals surface area contributed by atoms with Crippen molar-refractivity contribution in [3.8, 4) is 34.1 Å². The van der Waals surface area contributed by atoms with Gasteiger partial charge in [-0.2, -0.15) is 5.10 Å². The molecule has 0 saturated heterocycles. The van der Waals surface area contributed by atoms with Crippen molar-refractivity contribution in [3.63, 3.8) is 0 Å². The van der Waals surface area contributed by atoms with Crippen LogP contribution in [0, 0.1) is 0 Å². The third-order valence-electron chi connectivity index (χ3n) is 5.79. The fourth-order valence-corrected chi connectivity index (χ4v) is 4.18. The van der Waals surface area contributed by atoms with Gasteiger partial charge in [-0.05, 0) is 17.7 Å². The molecule has 2 amide bonds. The molecule has 0 fully saturated rings. The Morgan fingerprint density at radius 2 is 1.75 bits per heavy atom. The van der Waals surface area contributed by atoms with Crippen LogP contribution in [0.25, 0.3) is 11.1 Å². The number of anilines is 2. The first-order chi connectivity index (χ1) is 17.4. The minimum Gasteiger partial charge on any atom is -0.497 e. The Morgan fingerprint density at radius 1 is 1.03 bits per heavy atom. The van der Waals surface area contributed by atoms with Crippen molar-refractivity contribution in [1.82, 2.24) is 9.78 Å². The minimum absolute atomic E-state index is 0.138. The number of hydrogen-bond donors (Lipinski definition) is 2. The lowest BCUT2D eigenvalue weighted by Gasteiger charge is -2.15. The van der Waals surface area contributed by atoms with E-state index < -0.39 is 6.04 Å². The number of fused-ring (bicyclic) bond motifs is 1. The highest BCUT2D eigenvalue weighted by molar-refractivity contribution is 6.04. The zero-order valence-electron chi connectivity index (χ0n) is 20.7. The predicted molar refractivity (Wildman–Crippen MR) is 132 cm³/mol. The number of ether oxygens (including phenoxy) is 5. The maximum Gasteiger partial charge on any atom is 0.251 e. The molecule has 0 bridgehead atoms. The van der Waals surface area contributed by atoms with Crippen LogP contribution in [-0.4, -0.2) is 57.1 Å². The molecule has 11 heteroatoms. The van der Waals surface area contributed by atoms with E-state index in [1.807, 2.05) is 24.3 Å². The number of nitrogens with one attached hydrogen (secondary N) is 2. The highest BCUT2D eigenvalue weighted by Crippen LogP contribution is 2.41. The van der Waals surface area contributed by atoms with Crippen molar-refractivity contribution in [2.24, 2.45) is 0 Å². The summed E-state index contributed by atoms with van der Waals surface area (Å²) >= 11 is 0. The van der Waals surface area contributed by atoms with E-state index in [0.29, 0.717) is 40.2 Å². The monoisotopic (exact) mass is 496 g/mol. The lowest BCUT2D eigenvalue weighted by Crippen LogP contribution is -2.24. The highest BCUT2D eigenvalue weighted by Gasteiger charge is 2.37. The molecule has 1 unspecified atom stereocenters. The molecule has 1 aliphatic heterocycles. The van der Waals surface area contributed by atoms with Crippen molar-refractivity contribution in [2.45, 2.75) is 19.1 Å². The average Bonchev–Trinajstić information content (AvgIpc) is 3.37. The van der Waals surface area contributed by atoms with Crippen molar-refractivity contribution in [2.75, 3.05) is 46.2 Å². The van der Waals surface area contributed by atoms with Crippen LogP contribution < -0.4 is 29.6 Å². The van der Waals surface area contributed by atoms with Crippen LogP contribution in [0.5, 0.6) is 23.0 Å². The number of benzene rings is 2. The van der Waals surface area contributed by atoms with Gasteiger partial charge in [-0.1, -0.05) is 12.1 Å². The zero-order valence-corrected chi connectivity index (χ0v) is 20.7. The lowest BCUT2D eigenvalue weighted by molar-refractivity contribution is -0.123. The topological polar surface area (TPSA) is 122 Å². The van der Waals surface area contributed by atoms with Gasteiger partial charge < -0.3 is 34.3 Å². The van der Waals surface area contributed by atoms with Crippen LogP contribution in [-0.2, 0) is 20.9 Å². The number of hydrogen-bond acceptors (Lipinski definition) is 8. The van der Waals surface area contributed by atoms with Gasteiger partial charge in [-0.25, -0.2) is 4.68 Å². The Kier molecular flexibility index (Phi) is 7.30. The van der Waals surface area contributed by atoms with Gasteiger partial charge in [0.25, 0.3) is 5.91 Å². The van der Waals surface area contributed by atoms with Crippen molar-refractivity contribution < 1.29 is 33.3 Å². The van der Waals surface area contributed by atoms with Gasteiger partial charge in [0.05, 0.1) is 52.7 Å².